The minimum atomic E-state index is 0.339. The number of hydrogen-bond acceptors (Lipinski definition) is 3. The molecule has 2 aliphatic carbocycles. The monoisotopic (exact) mass is 360 g/mol. The Hall–Kier alpha value is -0.380. The van der Waals surface area contributed by atoms with Crippen LogP contribution >= 0.6 is 0 Å². The number of nitrogens with one attached hydrogen (secondary N) is 1. The molecule has 3 heteroatoms. The van der Waals surface area contributed by atoms with Gasteiger partial charge in [0.05, 0.1) is 6.61 Å². The lowest BCUT2D eigenvalue weighted by molar-refractivity contribution is -0.108. The van der Waals surface area contributed by atoms with E-state index in [0.717, 1.165) is 49.2 Å². The van der Waals surface area contributed by atoms with Crippen LogP contribution in [-0.4, -0.2) is 48.3 Å². The van der Waals surface area contributed by atoms with Crippen molar-refractivity contribution in [2.24, 2.45) is 35.5 Å². The molecule has 6 atom stereocenters. The molecule has 3 fully saturated rings. The summed E-state index contributed by atoms with van der Waals surface area (Å²) in [7, 11) is 0. The van der Waals surface area contributed by atoms with Crippen molar-refractivity contribution in [3.8, 4) is 0 Å². The van der Waals surface area contributed by atoms with Crippen LogP contribution in [0.5, 0.6) is 0 Å². The van der Waals surface area contributed by atoms with Crippen molar-refractivity contribution in [2.45, 2.75) is 70.9 Å². The van der Waals surface area contributed by atoms with E-state index in [9.17, 15) is 5.11 Å². The molecule has 4 aliphatic rings. The van der Waals surface area contributed by atoms with E-state index >= 15 is 0 Å². The van der Waals surface area contributed by atoms with E-state index in [1.165, 1.54) is 44.9 Å². The Balaban J connectivity index is 1.36. The minimum absolute atomic E-state index is 0.339. The van der Waals surface area contributed by atoms with Crippen LogP contribution in [0.3, 0.4) is 0 Å². The van der Waals surface area contributed by atoms with Crippen molar-refractivity contribution in [1.29, 1.82) is 0 Å². The van der Waals surface area contributed by atoms with Gasteiger partial charge in [0.15, 0.2) is 0 Å². The summed E-state index contributed by atoms with van der Waals surface area (Å²) in [6, 6.07) is 1.05. The quantitative estimate of drug-likeness (QED) is 0.754. The van der Waals surface area contributed by atoms with E-state index in [1.807, 2.05) is 0 Å². The average molecular weight is 361 g/mol. The second-order valence-electron chi connectivity index (χ2n) is 9.83. The maximum absolute atomic E-state index is 10.0. The molecule has 4 unspecified atom stereocenters. The van der Waals surface area contributed by atoms with Gasteiger partial charge in [0.1, 0.15) is 0 Å². The fourth-order valence-electron chi connectivity index (χ4n) is 7.06. The third kappa shape index (κ3) is 3.52. The van der Waals surface area contributed by atoms with Crippen molar-refractivity contribution in [3.63, 3.8) is 0 Å². The van der Waals surface area contributed by atoms with Crippen LogP contribution in [0.1, 0.15) is 58.8 Å². The van der Waals surface area contributed by atoms with Crippen LogP contribution in [0.2, 0.25) is 0 Å². The van der Waals surface area contributed by atoms with Gasteiger partial charge in [-0.15, -0.1) is 0 Å². The molecule has 2 N–H and O–H groups in total. The Morgan fingerprint density at radius 3 is 2.54 bits per heavy atom. The van der Waals surface area contributed by atoms with Crippen LogP contribution in [0, 0.1) is 35.5 Å². The molecule has 0 radical (unpaired) electrons. The van der Waals surface area contributed by atoms with Crippen LogP contribution in [0.4, 0.5) is 0 Å². The summed E-state index contributed by atoms with van der Waals surface area (Å²) in [4.78, 5) is 2.55. The molecule has 2 heterocycles. The number of fused-ring (bicyclic) bond motifs is 1. The maximum Gasteiger partial charge on any atom is 0.0590 e. The highest BCUT2D eigenvalue weighted by molar-refractivity contribution is 5.08. The lowest BCUT2D eigenvalue weighted by atomic mass is 9.60. The molecule has 2 saturated carbocycles. The van der Waals surface area contributed by atoms with Gasteiger partial charge in [-0.05, 0) is 67.6 Å². The topological polar surface area (TPSA) is 35.5 Å². The second kappa shape index (κ2) is 8.32. The minimum Gasteiger partial charge on any atom is -0.395 e. The maximum atomic E-state index is 10.0. The van der Waals surface area contributed by atoms with Gasteiger partial charge in [0, 0.05) is 31.7 Å². The molecule has 0 bridgehead atoms. The summed E-state index contributed by atoms with van der Waals surface area (Å²) in [6.07, 6.45) is 14.6. The fourth-order valence-corrected chi connectivity index (χ4v) is 7.06. The van der Waals surface area contributed by atoms with E-state index < -0.39 is 0 Å². The lowest BCUT2D eigenvalue weighted by Crippen LogP contribution is -2.70. The zero-order valence-corrected chi connectivity index (χ0v) is 16.9. The number of aliphatic hydroxyl groups excluding tert-OH is 1. The first-order valence-corrected chi connectivity index (χ1v) is 11.4. The van der Waals surface area contributed by atoms with Crippen molar-refractivity contribution < 1.29 is 5.11 Å². The first-order valence-electron chi connectivity index (χ1n) is 11.4. The van der Waals surface area contributed by atoms with Crippen LogP contribution < -0.4 is 5.32 Å². The van der Waals surface area contributed by atoms with Gasteiger partial charge < -0.3 is 10.4 Å². The van der Waals surface area contributed by atoms with Gasteiger partial charge in [-0.2, -0.15) is 0 Å². The molecule has 0 aromatic rings. The fraction of sp³-hybridized carbons (Fsp3) is 0.913. The summed E-state index contributed by atoms with van der Waals surface area (Å²) in [6.45, 7) is 8.48. The summed E-state index contributed by atoms with van der Waals surface area (Å²) in [5, 5.41) is 13.6. The normalized spacial score (nSPS) is 48.7. The van der Waals surface area contributed by atoms with E-state index in [1.54, 1.807) is 0 Å². The highest BCUT2D eigenvalue weighted by Crippen LogP contribution is 2.49. The van der Waals surface area contributed by atoms with Gasteiger partial charge in [0.25, 0.3) is 0 Å². The van der Waals surface area contributed by atoms with Gasteiger partial charge in [-0.3, -0.25) is 4.90 Å². The molecule has 1 saturated heterocycles. The molecular weight excluding hydrogens is 320 g/mol. The second-order valence-corrected chi connectivity index (χ2v) is 9.83. The first kappa shape index (κ1) is 19.0. The predicted octanol–water partition coefficient (Wildman–Crippen LogP) is 3.69. The third-order valence-electron chi connectivity index (χ3n) is 8.76. The molecule has 0 aromatic carbocycles. The smallest absolute Gasteiger partial charge is 0.0590 e. The SMILES string of the molecule is CC1CCCC(C2CCC([C@H]3C4CNC/C=C\CN4[C@@H]3CO)CC2)C1C. The van der Waals surface area contributed by atoms with Crippen molar-refractivity contribution in [2.75, 3.05) is 26.2 Å². The molecule has 3 nitrogen and oxygen atoms in total. The molecular formula is C23H40N2O. The zero-order valence-electron chi connectivity index (χ0n) is 16.9. The van der Waals surface area contributed by atoms with E-state index in [4.69, 9.17) is 0 Å². The van der Waals surface area contributed by atoms with Crippen LogP contribution in [-0.2, 0) is 0 Å². The summed E-state index contributed by atoms with van der Waals surface area (Å²) < 4.78 is 0. The molecule has 0 spiro atoms. The third-order valence-corrected chi connectivity index (χ3v) is 8.76. The largest absolute Gasteiger partial charge is 0.395 e. The van der Waals surface area contributed by atoms with Crippen LogP contribution in [0.15, 0.2) is 12.2 Å². The highest BCUT2D eigenvalue weighted by atomic mass is 16.3. The standard InChI is InChI=1S/C23H40N2O/c1-16-6-5-7-20(17(16)2)18-8-10-19(11-9-18)23-21-14-24-12-3-4-13-25(21)22(23)15-26/h3-4,16-24,26H,5-15H2,1-2H3/b4-3-/t16?,17?,18?,19?,20?,21?,22-,23+/m1/s1. The van der Waals surface area contributed by atoms with Gasteiger partial charge in [-0.25, -0.2) is 0 Å². The van der Waals surface area contributed by atoms with Crippen LogP contribution in [0.25, 0.3) is 0 Å². The predicted molar refractivity (Wildman–Crippen MR) is 108 cm³/mol. The molecule has 0 aromatic heterocycles. The molecule has 26 heavy (non-hydrogen) atoms. The van der Waals surface area contributed by atoms with Crippen molar-refractivity contribution in [1.82, 2.24) is 10.2 Å². The van der Waals surface area contributed by atoms with Crippen molar-refractivity contribution in [3.05, 3.63) is 12.2 Å². The van der Waals surface area contributed by atoms with E-state index in [-0.39, 0.29) is 0 Å². The van der Waals surface area contributed by atoms with Gasteiger partial charge >= 0.3 is 0 Å². The Labute approximate surface area is 160 Å². The first-order chi connectivity index (χ1) is 12.7. The summed E-state index contributed by atoms with van der Waals surface area (Å²) in [5.41, 5.74) is 0. The Morgan fingerprint density at radius 2 is 1.77 bits per heavy atom. The molecule has 0 amide bonds. The Morgan fingerprint density at radius 1 is 1.00 bits per heavy atom. The van der Waals surface area contributed by atoms with Gasteiger partial charge in [-0.1, -0.05) is 38.8 Å². The molecule has 148 valence electrons. The molecule has 2 aliphatic heterocycles. The lowest BCUT2D eigenvalue weighted by Gasteiger charge is -2.59. The Kier molecular flexibility index (Phi) is 6.07. The average Bonchev–Trinajstić information content (AvgIpc) is 2.63. The number of aliphatic hydroxyl groups is 1. The van der Waals surface area contributed by atoms with Gasteiger partial charge in [0.2, 0.25) is 0 Å². The summed E-state index contributed by atoms with van der Waals surface area (Å²) in [5.74, 6) is 5.37. The zero-order chi connectivity index (χ0) is 18.1. The molecule has 4 rings (SSSR count). The number of rotatable bonds is 3. The van der Waals surface area contributed by atoms with E-state index in [0.29, 0.717) is 24.6 Å². The highest BCUT2D eigenvalue weighted by Gasteiger charge is 2.51. The van der Waals surface area contributed by atoms with Crippen molar-refractivity contribution >= 4 is 0 Å². The number of hydrogen-bond donors (Lipinski definition) is 2. The summed E-state index contributed by atoms with van der Waals surface area (Å²) >= 11 is 0. The number of nitrogens with zero attached hydrogens (tertiary/aromatic N) is 1. The Bertz CT molecular complexity index is 485. The van der Waals surface area contributed by atoms with E-state index in [2.05, 4.69) is 36.2 Å².